The summed E-state index contributed by atoms with van der Waals surface area (Å²) in [5.74, 6) is 0. The number of allylic oxidation sites excluding steroid dienone is 1. The van der Waals surface area contributed by atoms with Gasteiger partial charge in [0, 0.05) is 18.7 Å². The van der Waals surface area contributed by atoms with Crippen LogP contribution in [0.2, 0.25) is 0 Å². The third kappa shape index (κ3) is 3.49. The molecule has 0 amide bonds. The lowest BCUT2D eigenvalue weighted by Gasteiger charge is -2.01. The first kappa shape index (κ1) is 14.0. The van der Waals surface area contributed by atoms with Gasteiger partial charge in [0.05, 0.1) is 15.4 Å². The molecule has 0 bridgehead atoms. The summed E-state index contributed by atoms with van der Waals surface area (Å²) in [6, 6.07) is 3.65. The van der Waals surface area contributed by atoms with Crippen LogP contribution in [0.15, 0.2) is 29.2 Å². The lowest BCUT2D eigenvalue weighted by molar-refractivity contribution is -0.385. The normalized spacial score (nSPS) is 11.6. The van der Waals surface area contributed by atoms with E-state index in [-0.39, 0.29) is 22.6 Å². The van der Waals surface area contributed by atoms with E-state index in [1.165, 1.54) is 24.3 Å². The van der Waals surface area contributed by atoms with Crippen LogP contribution in [0.5, 0.6) is 0 Å². The van der Waals surface area contributed by atoms with Gasteiger partial charge in [0.25, 0.3) is 5.69 Å². The topological polar surface area (TPSA) is 94.3 Å². The Bertz CT molecular complexity index is 604. The lowest BCUT2D eigenvalue weighted by Crippen LogP contribution is -2.00. The van der Waals surface area contributed by atoms with Gasteiger partial charge < -0.3 is 4.79 Å². The Morgan fingerprint density at radius 3 is 2.56 bits per heavy atom. The van der Waals surface area contributed by atoms with Crippen molar-refractivity contribution >= 4 is 27.9 Å². The van der Waals surface area contributed by atoms with Crippen LogP contribution in [-0.4, -0.2) is 25.9 Å². The van der Waals surface area contributed by atoms with Crippen LogP contribution in [-0.2, 0) is 14.6 Å². The minimum absolute atomic E-state index is 0.110. The lowest BCUT2D eigenvalue weighted by atomic mass is 10.1. The SMILES string of the molecule is CS(=O)(=O)c1ccc(C=CCC=O)c([N+](=O)[O-])c1. The molecule has 0 fully saturated rings. The fraction of sp³-hybridized carbons (Fsp3) is 0.182. The summed E-state index contributed by atoms with van der Waals surface area (Å²) >= 11 is 0. The molecule has 96 valence electrons. The van der Waals surface area contributed by atoms with Crippen molar-refractivity contribution < 1.29 is 18.1 Å². The number of benzene rings is 1. The maximum absolute atomic E-state index is 11.3. The smallest absolute Gasteiger partial charge is 0.277 e. The summed E-state index contributed by atoms with van der Waals surface area (Å²) < 4.78 is 22.6. The molecule has 0 heterocycles. The van der Waals surface area contributed by atoms with E-state index in [9.17, 15) is 23.3 Å². The number of nitrogens with zero attached hydrogens (tertiary/aromatic N) is 1. The van der Waals surface area contributed by atoms with Crippen molar-refractivity contribution in [3.63, 3.8) is 0 Å². The molecule has 1 aromatic carbocycles. The molecular formula is C11H11NO5S. The number of carbonyl (C=O) groups is 1. The number of aldehydes is 1. The zero-order valence-corrected chi connectivity index (χ0v) is 10.4. The molecule has 18 heavy (non-hydrogen) atoms. The molecule has 6 nitrogen and oxygen atoms in total. The van der Waals surface area contributed by atoms with E-state index in [0.29, 0.717) is 6.29 Å². The molecule has 1 rings (SSSR count). The Morgan fingerprint density at radius 2 is 2.06 bits per heavy atom. The first-order valence-electron chi connectivity index (χ1n) is 4.95. The summed E-state index contributed by atoms with van der Waals surface area (Å²) in [5, 5.41) is 10.8. The Balaban J connectivity index is 3.29. The summed E-state index contributed by atoms with van der Waals surface area (Å²) in [4.78, 5) is 20.2. The molecule has 7 heteroatoms. The number of hydrogen-bond donors (Lipinski definition) is 0. The van der Waals surface area contributed by atoms with E-state index in [4.69, 9.17) is 0 Å². The maximum atomic E-state index is 11.3. The second kappa shape index (κ2) is 5.54. The number of hydrogen-bond acceptors (Lipinski definition) is 5. The van der Waals surface area contributed by atoms with Crippen LogP contribution < -0.4 is 0 Å². The van der Waals surface area contributed by atoms with Gasteiger partial charge in [-0.05, 0) is 12.1 Å². The van der Waals surface area contributed by atoms with Crippen LogP contribution in [0.3, 0.4) is 0 Å². The van der Waals surface area contributed by atoms with E-state index in [1.54, 1.807) is 0 Å². The van der Waals surface area contributed by atoms with E-state index in [2.05, 4.69) is 0 Å². The van der Waals surface area contributed by atoms with Gasteiger partial charge in [-0.2, -0.15) is 0 Å². The van der Waals surface area contributed by atoms with Gasteiger partial charge in [-0.3, -0.25) is 10.1 Å². The van der Waals surface area contributed by atoms with Crippen molar-refractivity contribution in [1.82, 2.24) is 0 Å². The molecule has 0 aliphatic heterocycles. The minimum atomic E-state index is -3.49. The Hall–Kier alpha value is -2.02. The third-order valence-electron chi connectivity index (χ3n) is 2.16. The molecule has 0 aliphatic rings. The number of sulfone groups is 1. The summed E-state index contributed by atoms with van der Waals surface area (Å²) in [7, 11) is -3.49. The Morgan fingerprint density at radius 1 is 1.39 bits per heavy atom. The second-order valence-corrected chi connectivity index (χ2v) is 5.57. The molecule has 1 aromatic rings. The highest BCUT2D eigenvalue weighted by molar-refractivity contribution is 7.90. The molecular weight excluding hydrogens is 258 g/mol. The fourth-order valence-corrected chi connectivity index (χ4v) is 1.94. The first-order valence-corrected chi connectivity index (χ1v) is 6.84. The van der Waals surface area contributed by atoms with E-state index in [1.807, 2.05) is 0 Å². The molecule has 0 saturated carbocycles. The number of rotatable bonds is 5. The standard InChI is InChI=1S/C11H11NO5S/c1-18(16,17)10-6-5-9(4-2-3-7-13)11(8-10)12(14)15/h2,4-8H,3H2,1H3. The van der Waals surface area contributed by atoms with Crippen molar-refractivity contribution in [2.24, 2.45) is 0 Å². The average Bonchev–Trinajstić information content (AvgIpc) is 2.28. The number of nitro benzene ring substituents is 1. The highest BCUT2D eigenvalue weighted by Crippen LogP contribution is 2.24. The van der Waals surface area contributed by atoms with Crippen molar-refractivity contribution in [3.8, 4) is 0 Å². The predicted octanol–water partition coefficient (Wildman–Crippen LogP) is 1.60. The zero-order chi connectivity index (χ0) is 13.8. The highest BCUT2D eigenvalue weighted by atomic mass is 32.2. The molecule has 0 aliphatic carbocycles. The van der Waals surface area contributed by atoms with E-state index < -0.39 is 14.8 Å². The molecule has 0 unspecified atom stereocenters. The van der Waals surface area contributed by atoms with Crippen molar-refractivity contribution in [2.75, 3.05) is 6.26 Å². The van der Waals surface area contributed by atoms with E-state index >= 15 is 0 Å². The average molecular weight is 269 g/mol. The first-order chi connectivity index (χ1) is 8.36. The molecule has 0 atom stereocenters. The van der Waals surface area contributed by atoms with Crippen LogP contribution >= 0.6 is 0 Å². The third-order valence-corrected chi connectivity index (χ3v) is 3.27. The number of nitro groups is 1. The van der Waals surface area contributed by atoms with Crippen molar-refractivity contribution in [3.05, 3.63) is 40.0 Å². The predicted molar refractivity (Wildman–Crippen MR) is 65.9 cm³/mol. The number of carbonyl (C=O) groups excluding carboxylic acids is 1. The van der Waals surface area contributed by atoms with Crippen molar-refractivity contribution in [1.29, 1.82) is 0 Å². The minimum Gasteiger partial charge on any atom is -0.303 e. The molecule has 0 spiro atoms. The largest absolute Gasteiger partial charge is 0.303 e. The van der Waals surface area contributed by atoms with E-state index in [0.717, 1.165) is 12.3 Å². The summed E-state index contributed by atoms with van der Waals surface area (Å²) in [6.07, 6.45) is 4.67. The van der Waals surface area contributed by atoms with Gasteiger partial charge in [0.1, 0.15) is 6.29 Å². The van der Waals surface area contributed by atoms with Gasteiger partial charge >= 0.3 is 0 Å². The van der Waals surface area contributed by atoms with Gasteiger partial charge in [-0.1, -0.05) is 12.2 Å². The quantitative estimate of drug-likeness (QED) is 0.459. The van der Waals surface area contributed by atoms with Gasteiger partial charge in [-0.15, -0.1) is 0 Å². The van der Waals surface area contributed by atoms with Crippen LogP contribution in [0, 0.1) is 10.1 Å². The zero-order valence-electron chi connectivity index (χ0n) is 9.57. The molecule has 0 radical (unpaired) electrons. The fourth-order valence-electron chi connectivity index (χ4n) is 1.30. The van der Waals surface area contributed by atoms with Gasteiger partial charge in [0.2, 0.25) is 0 Å². The molecule has 0 aromatic heterocycles. The van der Waals surface area contributed by atoms with Gasteiger partial charge in [-0.25, -0.2) is 8.42 Å². The van der Waals surface area contributed by atoms with Crippen LogP contribution in [0.1, 0.15) is 12.0 Å². The van der Waals surface area contributed by atoms with Crippen molar-refractivity contribution in [2.45, 2.75) is 11.3 Å². The maximum Gasteiger partial charge on any atom is 0.277 e. The highest BCUT2D eigenvalue weighted by Gasteiger charge is 2.16. The second-order valence-electron chi connectivity index (χ2n) is 3.55. The summed E-state index contributed by atoms with van der Waals surface area (Å²) in [6.45, 7) is 0. The van der Waals surface area contributed by atoms with Crippen LogP contribution in [0.4, 0.5) is 5.69 Å². The Kier molecular flexibility index (Phi) is 4.33. The van der Waals surface area contributed by atoms with Crippen LogP contribution in [0.25, 0.3) is 6.08 Å². The monoisotopic (exact) mass is 269 g/mol. The molecule has 0 saturated heterocycles. The van der Waals surface area contributed by atoms with Gasteiger partial charge in [0.15, 0.2) is 9.84 Å². The summed E-state index contributed by atoms with van der Waals surface area (Å²) in [5.41, 5.74) is -0.0469. The molecule has 0 N–H and O–H groups in total. The Labute approximate surface area is 104 Å².